The van der Waals surface area contributed by atoms with Gasteiger partial charge in [0.05, 0.1) is 21.1 Å². The lowest BCUT2D eigenvalue weighted by Gasteiger charge is -2.11. The van der Waals surface area contributed by atoms with Crippen molar-refractivity contribution in [2.45, 2.75) is 4.90 Å². The van der Waals surface area contributed by atoms with Gasteiger partial charge in [0.25, 0.3) is 21.6 Å². The van der Waals surface area contributed by atoms with E-state index >= 15 is 0 Å². The van der Waals surface area contributed by atoms with Crippen LogP contribution in [-0.4, -0.2) is 19.2 Å². The van der Waals surface area contributed by atoms with Gasteiger partial charge >= 0.3 is 0 Å². The number of nitro benzene ring substituents is 1. The Labute approximate surface area is 136 Å². The second kappa shape index (κ2) is 6.23. The van der Waals surface area contributed by atoms with Gasteiger partial charge in [0.15, 0.2) is 0 Å². The number of hydrogen-bond acceptors (Lipinski definition) is 5. The third kappa shape index (κ3) is 3.58. The Kier molecular flexibility index (Phi) is 4.52. The van der Waals surface area contributed by atoms with Gasteiger partial charge in [-0.25, -0.2) is 8.42 Å². The van der Waals surface area contributed by atoms with Gasteiger partial charge in [-0.3, -0.25) is 19.6 Å². The smallest absolute Gasteiger partial charge is 0.289 e. The number of nitrogens with zero attached hydrogens (tertiary/aromatic N) is 1. The number of nitrogens with one attached hydrogen (secondary N) is 1. The third-order valence-corrected chi connectivity index (χ3v) is 4.54. The summed E-state index contributed by atoms with van der Waals surface area (Å²) in [6, 6.07) is 8.78. The molecule has 0 bridgehead atoms. The Bertz CT molecular complexity index is 898. The summed E-state index contributed by atoms with van der Waals surface area (Å²) < 4.78 is 26.8. The summed E-state index contributed by atoms with van der Waals surface area (Å²) >= 11 is 5.65. The molecule has 23 heavy (non-hydrogen) atoms. The zero-order valence-electron chi connectivity index (χ0n) is 11.4. The molecule has 0 aromatic heterocycles. The van der Waals surface area contributed by atoms with Crippen molar-refractivity contribution in [3.63, 3.8) is 0 Å². The van der Waals surface area contributed by atoms with Crippen molar-refractivity contribution in [3.8, 4) is 0 Å². The van der Waals surface area contributed by atoms with E-state index < -0.39 is 26.5 Å². The highest BCUT2D eigenvalue weighted by molar-refractivity contribution is 7.92. The minimum atomic E-state index is -4.16. The van der Waals surface area contributed by atoms with Gasteiger partial charge in [0, 0.05) is 6.07 Å². The quantitative estimate of drug-likeness (QED) is 0.626. The Balaban J connectivity index is 2.47. The molecule has 2 aromatic rings. The molecule has 120 valence electrons. The lowest BCUT2D eigenvalue weighted by molar-refractivity contribution is -0.384. The second-order valence-electron chi connectivity index (χ2n) is 4.39. The van der Waals surface area contributed by atoms with Crippen LogP contribution in [0.4, 0.5) is 11.4 Å². The predicted molar refractivity (Wildman–Crippen MR) is 83.9 cm³/mol. The monoisotopic (exact) mass is 355 g/mol. The number of halogens is 1. The SMILES string of the molecule is NC(=O)c1ccccc1NS(=O)(=O)c1ccc(Cl)c([N+](=O)[O-])c1. The minimum Gasteiger partial charge on any atom is -0.366 e. The number of hydrogen-bond donors (Lipinski definition) is 2. The normalized spacial score (nSPS) is 11.0. The molecule has 0 saturated carbocycles. The zero-order valence-corrected chi connectivity index (χ0v) is 13.0. The van der Waals surface area contributed by atoms with Gasteiger partial charge < -0.3 is 5.73 Å². The van der Waals surface area contributed by atoms with Crippen LogP contribution in [0.25, 0.3) is 0 Å². The van der Waals surface area contributed by atoms with Crippen molar-refractivity contribution in [1.29, 1.82) is 0 Å². The molecule has 8 nitrogen and oxygen atoms in total. The zero-order chi connectivity index (χ0) is 17.2. The fourth-order valence-corrected chi connectivity index (χ4v) is 3.08. The summed E-state index contributed by atoms with van der Waals surface area (Å²) in [6.45, 7) is 0. The van der Waals surface area contributed by atoms with E-state index in [9.17, 15) is 23.3 Å². The first-order chi connectivity index (χ1) is 10.7. The molecule has 0 saturated heterocycles. The molecule has 0 atom stereocenters. The number of benzene rings is 2. The van der Waals surface area contributed by atoms with Crippen LogP contribution in [0.3, 0.4) is 0 Å². The van der Waals surface area contributed by atoms with E-state index in [1.807, 2.05) is 0 Å². The second-order valence-corrected chi connectivity index (χ2v) is 6.48. The first-order valence-electron chi connectivity index (χ1n) is 6.08. The van der Waals surface area contributed by atoms with Crippen molar-refractivity contribution >= 4 is 38.9 Å². The Morgan fingerprint density at radius 1 is 1.22 bits per heavy atom. The van der Waals surface area contributed by atoms with Crippen molar-refractivity contribution in [2.24, 2.45) is 5.73 Å². The number of sulfonamides is 1. The number of rotatable bonds is 5. The maximum atomic E-state index is 12.3. The van der Waals surface area contributed by atoms with Crippen LogP contribution < -0.4 is 10.5 Å². The van der Waals surface area contributed by atoms with Crippen LogP contribution in [0, 0.1) is 10.1 Å². The van der Waals surface area contributed by atoms with Crippen molar-refractivity contribution in [1.82, 2.24) is 0 Å². The van der Waals surface area contributed by atoms with E-state index in [2.05, 4.69) is 4.72 Å². The van der Waals surface area contributed by atoms with Gasteiger partial charge in [-0.1, -0.05) is 23.7 Å². The number of carbonyl (C=O) groups is 1. The van der Waals surface area contributed by atoms with E-state index in [0.29, 0.717) is 0 Å². The third-order valence-electron chi connectivity index (χ3n) is 2.86. The van der Waals surface area contributed by atoms with Crippen LogP contribution in [0.2, 0.25) is 5.02 Å². The fourth-order valence-electron chi connectivity index (χ4n) is 1.79. The number of primary amides is 1. The summed E-state index contributed by atoms with van der Waals surface area (Å²) in [5.41, 5.74) is 4.57. The summed E-state index contributed by atoms with van der Waals surface area (Å²) in [6.07, 6.45) is 0. The Morgan fingerprint density at radius 3 is 2.48 bits per heavy atom. The number of nitrogens with two attached hydrogens (primary N) is 1. The highest BCUT2D eigenvalue weighted by Gasteiger charge is 2.22. The van der Waals surface area contributed by atoms with Crippen LogP contribution in [0.15, 0.2) is 47.4 Å². The Morgan fingerprint density at radius 2 is 1.87 bits per heavy atom. The average Bonchev–Trinajstić information content (AvgIpc) is 2.47. The van der Waals surface area contributed by atoms with Crippen molar-refractivity contribution in [3.05, 3.63) is 63.2 Å². The van der Waals surface area contributed by atoms with E-state index in [4.69, 9.17) is 17.3 Å². The van der Waals surface area contributed by atoms with E-state index in [1.165, 1.54) is 24.3 Å². The summed E-state index contributed by atoms with van der Waals surface area (Å²) in [5.74, 6) is -0.814. The molecule has 3 N–H and O–H groups in total. The molecule has 0 aliphatic rings. The number of nitro groups is 1. The van der Waals surface area contributed by atoms with E-state index in [-0.39, 0.29) is 21.2 Å². The molecule has 0 unspecified atom stereocenters. The highest BCUT2D eigenvalue weighted by Crippen LogP contribution is 2.28. The maximum Gasteiger partial charge on any atom is 0.289 e. The summed E-state index contributed by atoms with van der Waals surface area (Å²) in [7, 11) is -4.16. The van der Waals surface area contributed by atoms with Crippen LogP contribution in [-0.2, 0) is 10.0 Å². The molecule has 0 spiro atoms. The van der Waals surface area contributed by atoms with Crippen LogP contribution >= 0.6 is 11.6 Å². The molecule has 0 aliphatic carbocycles. The molecule has 0 heterocycles. The fraction of sp³-hybridized carbons (Fsp3) is 0. The standard InChI is InChI=1S/C13H10ClN3O5S/c14-10-6-5-8(7-12(10)17(19)20)23(21,22)16-11-4-2-1-3-9(11)13(15)18/h1-7,16H,(H2,15,18). The minimum absolute atomic E-state index is 0.0282. The Hall–Kier alpha value is -2.65. The first kappa shape index (κ1) is 16.7. The first-order valence-corrected chi connectivity index (χ1v) is 7.94. The number of amides is 1. The molecule has 10 heteroatoms. The number of para-hydroxylation sites is 1. The van der Waals surface area contributed by atoms with E-state index in [0.717, 1.165) is 18.2 Å². The highest BCUT2D eigenvalue weighted by atomic mass is 35.5. The lowest BCUT2D eigenvalue weighted by atomic mass is 10.2. The molecular formula is C13H10ClN3O5S. The van der Waals surface area contributed by atoms with Gasteiger partial charge in [-0.2, -0.15) is 0 Å². The molecule has 2 rings (SSSR count). The number of carbonyl (C=O) groups excluding carboxylic acids is 1. The molecule has 2 aromatic carbocycles. The molecule has 0 radical (unpaired) electrons. The number of anilines is 1. The summed E-state index contributed by atoms with van der Waals surface area (Å²) in [4.78, 5) is 21.0. The van der Waals surface area contributed by atoms with Gasteiger partial charge in [0.2, 0.25) is 0 Å². The van der Waals surface area contributed by atoms with Crippen LogP contribution in [0.1, 0.15) is 10.4 Å². The molecule has 1 amide bonds. The largest absolute Gasteiger partial charge is 0.366 e. The average molecular weight is 356 g/mol. The summed E-state index contributed by atoms with van der Waals surface area (Å²) in [5, 5.41) is 10.7. The predicted octanol–water partition coefficient (Wildman–Crippen LogP) is 2.15. The molecule has 0 fully saturated rings. The maximum absolute atomic E-state index is 12.3. The van der Waals surface area contributed by atoms with Crippen molar-refractivity contribution in [2.75, 3.05) is 4.72 Å². The topological polar surface area (TPSA) is 132 Å². The molecular weight excluding hydrogens is 346 g/mol. The van der Waals surface area contributed by atoms with Crippen LogP contribution in [0.5, 0.6) is 0 Å². The van der Waals surface area contributed by atoms with Gasteiger partial charge in [-0.15, -0.1) is 0 Å². The molecule has 0 aliphatic heterocycles. The van der Waals surface area contributed by atoms with Gasteiger partial charge in [-0.05, 0) is 24.3 Å². The van der Waals surface area contributed by atoms with E-state index in [1.54, 1.807) is 0 Å². The van der Waals surface area contributed by atoms with Crippen molar-refractivity contribution < 1.29 is 18.1 Å². The van der Waals surface area contributed by atoms with Gasteiger partial charge in [0.1, 0.15) is 5.02 Å². The lowest BCUT2D eigenvalue weighted by Crippen LogP contribution is -2.18.